The molecule has 0 radical (unpaired) electrons. The Hall–Kier alpha value is -0.910. The number of amides is 1. The molecule has 1 unspecified atom stereocenters. The van der Waals surface area contributed by atoms with Crippen LogP contribution in [0.1, 0.15) is 16.8 Å². The minimum Gasteiger partial charge on any atom is -0.338 e. The van der Waals surface area contributed by atoms with Crippen molar-refractivity contribution in [1.29, 1.82) is 0 Å². The average Bonchev–Trinajstić information content (AvgIpc) is 2.77. The molecule has 1 saturated heterocycles. The number of nitrogens with zero attached hydrogens (tertiary/aromatic N) is 2. The summed E-state index contributed by atoms with van der Waals surface area (Å²) < 4.78 is 13.0. The molecule has 19 heavy (non-hydrogen) atoms. The molecule has 1 aliphatic heterocycles. The molecule has 0 aliphatic carbocycles. The third-order valence-corrected chi connectivity index (χ3v) is 3.02. The number of aromatic nitrogens is 1. The van der Waals surface area contributed by atoms with Crippen LogP contribution in [0.25, 0.3) is 0 Å². The third-order valence-electron chi connectivity index (χ3n) is 3.02. The van der Waals surface area contributed by atoms with Gasteiger partial charge in [-0.1, -0.05) is 0 Å². The Labute approximate surface area is 124 Å². The molecule has 1 aliphatic rings. The Morgan fingerprint density at radius 3 is 2.89 bits per heavy atom. The fourth-order valence-electron chi connectivity index (χ4n) is 2.18. The predicted molar refractivity (Wildman–Crippen MR) is 76.6 cm³/mol. The molecule has 1 aromatic heterocycles. The lowest BCUT2D eigenvalue weighted by Gasteiger charge is -2.16. The van der Waals surface area contributed by atoms with Crippen molar-refractivity contribution in [3.8, 4) is 0 Å². The van der Waals surface area contributed by atoms with Crippen molar-refractivity contribution in [2.75, 3.05) is 26.7 Å². The van der Waals surface area contributed by atoms with Crippen molar-refractivity contribution >= 4 is 30.7 Å². The molecular weight excluding hydrogens is 292 g/mol. The van der Waals surface area contributed by atoms with Gasteiger partial charge in [0, 0.05) is 19.3 Å². The van der Waals surface area contributed by atoms with Crippen LogP contribution >= 0.6 is 24.8 Å². The first-order valence-corrected chi connectivity index (χ1v) is 5.75. The second-order valence-electron chi connectivity index (χ2n) is 4.36. The number of carbonyl (C=O) groups is 1. The topological polar surface area (TPSA) is 45.2 Å². The van der Waals surface area contributed by atoms with Crippen molar-refractivity contribution in [1.82, 2.24) is 15.2 Å². The molecule has 1 amide bonds. The van der Waals surface area contributed by atoms with Crippen LogP contribution in [0, 0.1) is 11.7 Å². The zero-order chi connectivity index (χ0) is 12.3. The Morgan fingerprint density at radius 2 is 2.26 bits per heavy atom. The second kappa shape index (κ2) is 8.30. The maximum Gasteiger partial charge on any atom is 0.255 e. The van der Waals surface area contributed by atoms with Gasteiger partial charge in [0.25, 0.3) is 5.91 Å². The molecule has 1 N–H and O–H groups in total. The summed E-state index contributed by atoms with van der Waals surface area (Å²) in [6, 6.07) is 1.24. The zero-order valence-corrected chi connectivity index (χ0v) is 12.3. The van der Waals surface area contributed by atoms with E-state index in [-0.39, 0.29) is 30.7 Å². The molecule has 0 saturated carbocycles. The van der Waals surface area contributed by atoms with E-state index in [2.05, 4.69) is 10.3 Å². The summed E-state index contributed by atoms with van der Waals surface area (Å²) in [7, 11) is 1.90. The van der Waals surface area contributed by atoms with Gasteiger partial charge < -0.3 is 10.2 Å². The molecule has 1 atom stereocenters. The largest absolute Gasteiger partial charge is 0.338 e. The van der Waals surface area contributed by atoms with E-state index < -0.39 is 5.82 Å². The van der Waals surface area contributed by atoms with Gasteiger partial charge in [0.2, 0.25) is 0 Å². The lowest BCUT2D eigenvalue weighted by molar-refractivity contribution is 0.0786. The number of hydrogen-bond acceptors (Lipinski definition) is 3. The molecule has 1 aromatic rings. The molecule has 7 heteroatoms. The molecule has 4 nitrogen and oxygen atoms in total. The Morgan fingerprint density at radius 1 is 1.53 bits per heavy atom. The first kappa shape index (κ1) is 18.1. The van der Waals surface area contributed by atoms with Crippen molar-refractivity contribution in [2.45, 2.75) is 6.42 Å². The molecule has 0 bridgehead atoms. The highest BCUT2D eigenvalue weighted by Gasteiger charge is 2.26. The molecule has 0 aromatic carbocycles. The standard InChI is InChI=1S/C12H16FN3O.2ClH/c1-14-5-9-2-3-16(8-9)12(17)10-4-11(13)7-15-6-10;;/h4,6-7,9,14H,2-3,5,8H2,1H3;2*1H. The smallest absolute Gasteiger partial charge is 0.255 e. The van der Waals surface area contributed by atoms with Crippen LogP contribution < -0.4 is 5.32 Å². The van der Waals surface area contributed by atoms with Crippen LogP contribution in [-0.4, -0.2) is 42.5 Å². The van der Waals surface area contributed by atoms with Gasteiger partial charge >= 0.3 is 0 Å². The maximum atomic E-state index is 13.0. The lowest BCUT2D eigenvalue weighted by Crippen LogP contribution is -2.30. The van der Waals surface area contributed by atoms with Gasteiger partial charge in [0.05, 0.1) is 11.8 Å². The van der Waals surface area contributed by atoms with Crippen LogP contribution in [0.5, 0.6) is 0 Å². The number of carbonyl (C=O) groups excluding carboxylic acids is 1. The summed E-state index contributed by atoms with van der Waals surface area (Å²) >= 11 is 0. The number of halogens is 3. The number of likely N-dealkylation sites (tertiary alicyclic amines) is 1. The normalized spacial score (nSPS) is 17.6. The molecular formula is C12H18Cl2FN3O. The highest BCUT2D eigenvalue weighted by atomic mass is 35.5. The molecule has 2 rings (SSSR count). The fraction of sp³-hybridized carbons (Fsp3) is 0.500. The van der Waals surface area contributed by atoms with Gasteiger partial charge in [-0.3, -0.25) is 9.78 Å². The summed E-state index contributed by atoms with van der Waals surface area (Å²) in [5, 5.41) is 3.11. The van der Waals surface area contributed by atoms with Gasteiger partial charge in [-0.05, 0) is 32.0 Å². The van der Waals surface area contributed by atoms with Crippen LogP contribution in [-0.2, 0) is 0 Å². The number of hydrogen-bond donors (Lipinski definition) is 1. The molecule has 1 fully saturated rings. The highest BCUT2D eigenvalue weighted by molar-refractivity contribution is 5.94. The summed E-state index contributed by atoms with van der Waals surface area (Å²) in [4.78, 5) is 17.5. The average molecular weight is 310 g/mol. The van der Waals surface area contributed by atoms with Gasteiger partial charge in [-0.15, -0.1) is 24.8 Å². The van der Waals surface area contributed by atoms with Gasteiger partial charge in [-0.2, -0.15) is 0 Å². The minimum atomic E-state index is -0.471. The highest BCUT2D eigenvalue weighted by Crippen LogP contribution is 2.18. The summed E-state index contributed by atoms with van der Waals surface area (Å²) in [6.07, 6.45) is 3.51. The third kappa shape index (κ3) is 4.60. The second-order valence-corrected chi connectivity index (χ2v) is 4.36. The van der Waals surface area contributed by atoms with Gasteiger partial charge in [0.1, 0.15) is 5.82 Å². The van der Waals surface area contributed by atoms with Crippen molar-refractivity contribution in [3.63, 3.8) is 0 Å². The Balaban J connectivity index is 0.00000162. The van der Waals surface area contributed by atoms with E-state index in [1.807, 2.05) is 7.05 Å². The van der Waals surface area contributed by atoms with E-state index in [1.54, 1.807) is 4.90 Å². The van der Waals surface area contributed by atoms with Gasteiger partial charge in [-0.25, -0.2) is 4.39 Å². The maximum absolute atomic E-state index is 13.0. The van der Waals surface area contributed by atoms with Crippen molar-refractivity contribution < 1.29 is 9.18 Å². The predicted octanol–water partition coefficient (Wildman–Crippen LogP) is 1.75. The van der Waals surface area contributed by atoms with Crippen LogP contribution in [0.2, 0.25) is 0 Å². The Bertz CT molecular complexity index is 420. The van der Waals surface area contributed by atoms with Crippen LogP contribution in [0.4, 0.5) is 4.39 Å². The minimum absolute atomic E-state index is 0. The van der Waals surface area contributed by atoms with Crippen LogP contribution in [0.15, 0.2) is 18.5 Å². The first-order valence-electron chi connectivity index (χ1n) is 5.75. The van der Waals surface area contributed by atoms with E-state index in [0.717, 1.165) is 32.3 Å². The van der Waals surface area contributed by atoms with Crippen LogP contribution in [0.3, 0.4) is 0 Å². The van der Waals surface area contributed by atoms with E-state index in [4.69, 9.17) is 0 Å². The molecule has 2 heterocycles. The fourth-order valence-corrected chi connectivity index (χ4v) is 2.18. The first-order chi connectivity index (χ1) is 8.20. The van der Waals surface area contributed by atoms with E-state index in [0.29, 0.717) is 11.5 Å². The van der Waals surface area contributed by atoms with Gasteiger partial charge in [0.15, 0.2) is 0 Å². The van der Waals surface area contributed by atoms with Crippen molar-refractivity contribution in [3.05, 3.63) is 29.8 Å². The summed E-state index contributed by atoms with van der Waals surface area (Å²) in [6.45, 7) is 2.38. The molecule has 0 spiro atoms. The van der Waals surface area contributed by atoms with E-state index in [9.17, 15) is 9.18 Å². The summed E-state index contributed by atoms with van der Waals surface area (Å²) in [5.41, 5.74) is 0.329. The quantitative estimate of drug-likeness (QED) is 0.925. The van der Waals surface area contributed by atoms with Crippen molar-refractivity contribution in [2.24, 2.45) is 5.92 Å². The van der Waals surface area contributed by atoms with E-state index in [1.165, 1.54) is 12.3 Å². The lowest BCUT2D eigenvalue weighted by atomic mass is 10.1. The molecule has 108 valence electrons. The zero-order valence-electron chi connectivity index (χ0n) is 10.6. The number of rotatable bonds is 3. The number of pyridine rings is 1. The monoisotopic (exact) mass is 309 g/mol. The Kier molecular flexibility index (Phi) is 7.90. The number of nitrogens with one attached hydrogen (secondary N) is 1. The van der Waals surface area contributed by atoms with E-state index >= 15 is 0 Å². The summed E-state index contributed by atoms with van der Waals surface area (Å²) in [5.74, 6) is -0.108. The SMILES string of the molecule is CNCC1CCN(C(=O)c2cncc(F)c2)C1.Cl.Cl.